The van der Waals surface area contributed by atoms with E-state index < -0.39 is 5.97 Å². The summed E-state index contributed by atoms with van der Waals surface area (Å²) in [4.78, 5) is 16.0. The van der Waals surface area contributed by atoms with Gasteiger partial charge in [-0.2, -0.15) is 0 Å². The second kappa shape index (κ2) is 5.59. The summed E-state index contributed by atoms with van der Waals surface area (Å²) in [5.41, 5.74) is 0.346. The van der Waals surface area contributed by atoms with Crippen molar-refractivity contribution < 1.29 is 14.7 Å². The van der Waals surface area contributed by atoms with Crippen molar-refractivity contribution >= 4 is 35.4 Å². The summed E-state index contributed by atoms with van der Waals surface area (Å²) in [6, 6.07) is 2.83. The smallest absolute Gasteiger partial charge is 0.337 e. The van der Waals surface area contributed by atoms with Crippen molar-refractivity contribution in [2.75, 3.05) is 6.61 Å². The fourth-order valence-electron chi connectivity index (χ4n) is 1.38. The highest BCUT2D eigenvalue weighted by Crippen LogP contribution is 2.29. The van der Waals surface area contributed by atoms with Crippen molar-refractivity contribution in [1.29, 1.82) is 0 Å². The molecule has 2 rings (SSSR count). The van der Waals surface area contributed by atoms with Gasteiger partial charge in [-0.25, -0.2) is 4.79 Å². The monoisotopic (exact) mass is 287 g/mol. The largest absolute Gasteiger partial charge is 0.478 e. The van der Waals surface area contributed by atoms with Gasteiger partial charge in [0.2, 0.25) is 0 Å². The summed E-state index contributed by atoms with van der Waals surface area (Å²) in [6.07, 6.45) is 3.69. The number of nitrogens with zero attached hydrogens (tertiary/aromatic N) is 1. The predicted molar refractivity (Wildman–Crippen MR) is 69.7 cm³/mol. The Balaban J connectivity index is 2.14. The van der Waals surface area contributed by atoms with Gasteiger partial charge in [0, 0.05) is 5.56 Å². The first-order valence-corrected chi connectivity index (χ1v) is 6.22. The van der Waals surface area contributed by atoms with E-state index in [1.807, 2.05) is 0 Å². The Morgan fingerprint density at radius 3 is 2.83 bits per heavy atom. The Morgan fingerprint density at radius 1 is 1.50 bits per heavy atom. The molecule has 1 saturated carbocycles. The molecule has 0 spiro atoms. The van der Waals surface area contributed by atoms with E-state index in [1.165, 1.54) is 31.2 Å². The Bertz CT molecular complexity index is 498. The average Bonchev–Trinajstić information content (AvgIpc) is 3.11. The number of halogens is 2. The van der Waals surface area contributed by atoms with Gasteiger partial charge in [0.1, 0.15) is 6.61 Å². The number of carbonyl (C=O) groups is 1. The molecule has 0 atom stereocenters. The minimum Gasteiger partial charge on any atom is -0.478 e. The summed E-state index contributed by atoms with van der Waals surface area (Å²) >= 11 is 11.9. The minimum atomic E-state index is -1.11. The van der Waals surface area contributed by atoms with Gasteiger partial charge in [-0.3, -0.25) is 0 Å². The first-order chi connectivity index (χ1) is 8.59. The molecule has 1 aromatic rings. The van der Waals surface area contributed by atoms with Crippen molar-refractivity contribution in [3.8, 4) is 0 Å². The quantitative estimate of drug-likeness (QED) is 0.666. The number of rotatable bonds is 5. The van der Waals surface area contributed by atoms with Crippen LogP contribution in [-0.4, -0.2) is 23.9 Å². The first-order valence-electron chi connectivity index (χ1n) is 5.46. The van der Waals surface area contributed by atoms with Crippen LogP contribution in [0.25, 0.3) is 0 Å². The van der Waals surface area contributed by atoms with Crippen molar-refractivity contribution in [2.24, 2.45) is 11.1 Å². The maximum atomic E-state index is 10.9. The van der Waals surface area contributed by atoms with Crippen LogP contribution in [-0.2, 0) is 4.84 Å². The summed E-state index contributed by atoms with van der Waals surface area (Å²) in [6.45, 7) is 0.574. The lowest BCUT2D eigenvalue weighted by Crippen LogP contribution is -2.00. The highest BCUT2D eigenvalue weighted by molar-refractivity contribution is 6.40. The van der Waals surface area contributed by atoms with Crippen LogP contribution in [0, 0.1) is 5.92 Å². The first kappa shape index (κ1) is 13.2. The van der Waals surface area contributed by atoms with Gasteiger partial charge < -0.3 is 9.94 Å². The van der Waals surface area contributed by atoms with Crippen molar-refractivity contribution in [1.82, 2.24) is 0 Å². The van der Waals surface area contributed by atoms with E-state index in [0.29, 0.717) is 23.1 Å². The number of hydrogen-bond donors (Lipinski definition) is 1. The summed E-state index contributed by atoms with van der Waals surface area (Å²) in [7, 11) is 0. The molecule has 0 unspecified atom stereocenters. The summed E-state index contributed by atoms with van der Waals surface area (Å²) in [5, 5.41) is 13.1. The summed E-state index contributed by atoms with van der Waals surface area (Å²) in [5.74, 6) is -0.510. The fourth-order valence-corrected chi connectivity index (χ4v) is 1.92. The van der Waals surface area contributed by atoms with E-state index in [1.54, 1.807) is 0 Å². The van der Waals surface area contributed by atoms with Crippen LogP contribution in [0.3, 0.4) is 0 Å². The molecule has 0 saturated heterocycles. The van der Waals surface area contributed by atoms with E-state index in [2.05, 4.69) is 5.16 Å². The maximum Gasteiger partial charge on any atom is 0.337 e. The van der Waals surface area contributed by atoms with Gasteiger partial charge in [-0.1, -0.05) is 28.4 Å². The van der Waals surface area contributed by atoms with Gasteiger partial charge in [-0.15, -0.1) is 0 Å². The number of carboxylic acid groups (broad SMARTS) is 1. The van der Waals surface area contributed by atoms with Crippen LogP contribution in [0.4, 0.5) is 0 Å². The van der Waals surface area contributed by atoms with Crippen molar-refractivity contribution in [3.05, 3.63) is 33.3 Å². The Morgan fingerprint density at radius 2 is 2.22 bits per heavy atom. The Labute approximate surface area is 114 Å². The van der Waals surface area contributed by atoms with Crippen molar-refractivity contribution in [2.45, 2.75) is 12.8 Å². The number of benzene rings is 1. The zero-order valence-electron chi connectivity index (χ0n) is 9.40. The average molecular weight is 288 g/mol. The molecular formula is C12H11Cl2NO3. The molecule has 1 aliphatic carbocycles. The molecule has 1 fully saturated rings. The third kappa shape index (κ3) is 3.15. The third-order valence-electron chi connectivity index (χ3n) is 2.62. The number of aromatic carboxylic acids is 1. The van der Waals surface area contributed by atoms with E-state index in [0.717, 1.165) is 0 Å². The van der Waals surface area contributed by atoms with Crippen molar-refractivity contribution in [3.63, 3.8) is 0 Å². The topological polar surface area (TPSA) is 58.9 Å². The highest BCUT2D eigenvalue weighted by atomic mass is 35.5. The predicted octanol–water partition coefficient (Wildman–Crippen LogP) is 3.45. The molecule has 18 heavy (non-hydrogen) atoms. The molecule has 1 aliphatic rings. The second-order valence-corrected chi connectivity index (χ2v) is 4.89. The molecule has 0 aromatic heterocycles. The van der Waals surface area contributed by atoms with Gasteiger partial charge in [0.25, 0.3) is 0 Å². The standard InChI is InChI=1S/C12H11Cl2NO3/c13-10-4-3-8(12(16)17)11(14)9(10)5-15-18-6-7-1-2-7/h3-5,7H,1-2,6H2,(H,16,17). The lowest BCUT2D eigenvalue weighted by molar-refractivity contribution is 0.0697. The Kier molecular flexibility index (Phi) is 4.09. The highest BCUT2D eigenvalue weighted by Gasteiger charge is 2.21. The number of carboxylic acids is 1. The lowest BCUT2D eigenvalue weighted by Gasteiger charge is -2.04. The molecule has 6 heteroatoms. The molecular weight excluding hydrogens is 277 g/mol. The van der Waals surface area contributed by atoms with Gasteiger partial charge >= 0.3 is 5.97 Å². The van der Waals surface area contributed by atoms with Crippen LogP contribution >= 0.6 is 23.2 Å². The van der Waals surface area contributed by atoms with Gasteiger partial charge in [0.05, 0.1) is 21.8 Å². The maximum absolute atomic E-state index is 10.9. The zero-order valence-corrected chi connectivity index (χ0v) is 10.9. The lowest BCUT2D eigenvalue weighted by atomic mass is 10.1. The van der Waals surface area contributed by atoms with Crippen LogP contribution < -0.4 is 0 Å². The van der Waals surface area contributed by atoms with E-state index in [4.69, 9.17) is 33.1 Å². The third-order valence-corrected chi connectivity index (χ3v) is 3.36. The second-order valence-electron chi connectivity index (χ2n) is 4.10. The van der Waals surface area contributed by atoms with Crippen LogP contribution in [0.5, 0.6) is 0 Å². The fraction of sp³-hybridized carbons (Fsp3) is 0.333. The normalized spacial score (nSPS) is 15.0. The molecule has 4 nitrogen and oxygen atoms in total. The van der Waals surface area contributed by atoms with Crippen LogP contribution in [0.1, 0.15) is 28.8 Å². The number of oxime groups is 1. The van der Waals surface area contributed by atoms with Crippen LogP contribution in [0.2, 0.25) is 10.0 Å². The SMILES string of the molecule is O=C(O)c1ccc(Cl)c(C=NOCC2CC2)c1Cl. The number of hydrogen-bond acceptors (Lipinski definition) is 3. The van der Waals surface area contributed by atoms with E-state index in [-0.39, 0.29) is 10.6 Å². The molecule has 96 valence electrons. The molecule has 0 aliphatic heterocycles. The molecule has 0 amide bonds. The van der Waals surface area contributed by atoms with Gasteiger partial charge in [-0.05, 0) is 30.9 Å². The molecule has 0 bridgehead atoms. The zero-order chi connectivity index (χ0) is 13.1. The van der Waals surface area contributed by atoms with Gasteiger partial charge in [0.15, 0.2) is 0 Å². The molecule has 0 heterocycles. The summed E-state index contributed by atoms with van der Waals surface area (Å²) < 4.78 is 0. The molecule has 0 radical (unpaired) electrons. The minimum absolute atomic E-state index is 0.00953. The Hall–Kier alpha value is -1.26. The molecule has 1 N–H and O–H groups in total. The van der Waals surface area contributed by atoms with E-state index >= 15 is 0 Å². The van der Waals surface area contributed by atoms with Crippen LogP contribution in [0.15, 0.2) is 17.3 Å². The molecule has 1 aromatic carbocycles. The van der Waals surface area contributed by atoms with E-state index in [9.17, 15) is 4.79 Å².